The van der Waals surface area contributed by atoms with E-state index in [0.717, 1.165) is 22.6 Å². The molecule has 3 rings (SSSR count). The Morgan fingerprint density at radius 1 is 1.24 bits per heavy atom. The second-order valence-corrected chi connectivity index (χ2v) is 5.82. The Morgan fingerprint density at radius 2 is 2.08 bits per heavy atom. The summed E-state index contributed by atoms with van der Waals surface area (Å²) in [5, 5.41) is 7.26. The van der Waals surface area contributed by atoms with Gasteiger partial charge in [0.15, 0.2) is 11.5 Å². The average Bonchev–Trinajstić information content (AvgIpc) is 3.07. The third-order valence-electron chi connectivity index (χ3n) is 3.87. The van der Waals surface area contributed by atoms with Crippen LogP contribution in [0.3, 0.4) is 0 Å². The molecule has 6 nitrogen and oxygen atoms in total. The molecular weight excluding hydrogens is 318 g/mol. The first-order chi connectivity index (χ1) is 12.2. The van der Waals surface area contributed by atoms with E-state index in [1.54, 1.807) is 6.21 Å². The Balaban J connectivity index is 1.58. The van der Waals surface area contributed by atoms with Crippen LogP contribution in [0.2, 0.25) is 0 Å². The van der Waals surface area contributed by atoms with Gasteiger partial charge in [0, 0.05) is 5.69 Å². The van der Waals surface area contributed by atoms with Gasteiger partial charge >= 0.3 is 0 Å². The Labute approximate surface area is 146 Å². The fraction of sp³-hybridized carbons (Fsp3) is 0.263. The molecule has 0 spiro atoms. The van der Waals surface area contributed by atoms with Crippen LogP contribution < -0.4 is 20.2 Å². The molecular formula is C19H21N3O3. The molecule has 0 unspecified atom stereocenters. The first-order valence-corrected chi connectivity index (χ1v) is 8.21. The highest BCUT2D eigenvalue weighted by Gasteiger charge is 2.16. The lowest BCUT2D eigenvalue weighted by atomic mass is 10.1. The zero-order chi connectivity index (χ0) is 17.6. The van der Waals surface area contributed by atoms with E-state index in [0.29, 0.717) is 12.2 Å². The van der Waals surface area contributed by atoms with E-state index in [-0.39, 0.29) is 18.7 Å². The van der Waals surface area contributed by atoms with Crippen molar-refractivity contribution in [2.75, 3.05) is 12.1 Å². The number of anilines is 1. The zero-order valence-electron chi connectivity index (χ0n) is 14.3. The number of nitrogens with zero attached hydrogens (tertiary/aromatic N) is 1. The van der Waals surface area contributed by atoms with E-state index in [4.69, 9.17) is 9.47 Å². The number of ether oxygens (including phenoxy) is 2. The molecule has 1 atom stereocenters. The van der Waals surface area contributed by atoms with Crippen molar-refractivity contribution in [2.24, 2.45) is 5.10 Å². The number of fused-ring (bicyclic) bond motifs is 1. The maximum atomic E-state index is 12.3. The Morgan fingerprint density at radius 3 is 2.88 bits per heavy atom. The summed E-state index contributed by atoms with van der Waals surface area (Å²) >= 11 is 0. The molecule has 25 heavy (non-hydrogen) atoms. The second-order valence-electron chi connectivity index (χ2n) is 5.82. The van der Waals surface area contributed by atoms with E-state index >= 15 is 0 Å². The maximum absolute atomic E-state index is 12.3. The van der Waals surface area contributed by atoms with Crippen molar-refractivity contribution < 1.29 is 14.3 Å². The predicted molar refractivity (Wildman–Crippen MR) is 97.2 cm³/mol. The van der Waals surface area contributed by atoms with Gasteiger partial charge < -0.3 is 14.8 Å². The van der Waals surface area contributed by atoms with E-state index in [9.17, 15) is 4.79 Å². The molecule has 0 bridgehead atoms. The summed E-state index contributed by atoms with van der Waals surface area (Å²) < 4.78 is 10.6. The van der Waals surface area contributed by atoms with E-state index in [1.807, 2.05) is 56.3 Å². The molecule has 0 radical (unpaired) electrons. The number of hydrogen-bond donors (Lipinski definition) is 2. The number of carbonyl (C=O) groups is 1. The van der Waals surface area contributed by atoms with Crippen LogP contribution in [0.5, 0.6) is 11.5 Å². The first kappa shape index (κ1) is 16.8. The van der Waals surface area contributed by atoms with Gasteiger partial charge in [-0.05, 0) is 54.8 Å². The average molecular weight is 339 g/mol. The predicted octanol–water partition coefficient (Wildman–Crippen LogP) is 3.06. The van der Waals surface area contributed by atoms with Crippen LogP contribution >= 0.6 is 0 Å². The summed E-state index contributed by atoms with van der Waals surface area (Å²) in [6.07, 6.45) is 2.23. The molecule has 1 heterocycles. The highest BCUT2D eigenvalue weighted by atomic mass is 16.7. The van der Waals surface area contributed by atoms with Crippen molar-refractivity contribution in [3.63, 3.8) is 0 Å². The van der Waals surface area contributed by atoms with Gasteiger partial charge in [-0.15, -0.1) is 0 Å². The number of benzene rings is 2. The molecule has 0 fully saturated rings. The van der Waals surface area contributed by atoms with Gasteiger partial charge in [-0.25, -0.2) is 5.43 Å². The number of aryl methyl sites for hydroxylation is 1. The van der Waals surface area contributed by atoms with Crippen LogP contribution in [0.25, 0.3) is 0 Å². The van der Waals surface area contributed by atoms with Gasteiger partial charge in [-0.2, -0.15) is 5.10 Å². The fourth-order valence-electron chi connectivity index (χ4n) is 2.53. The summed E-state index contributed by atoms with van der Waals surface area (Å²) in [7, 11) is 0. The Bertz CT molecular complexity index is 789. The smallest absolute Gasteiger partial charge is 0.262 e. The normalized spacial score (nSPS) is 13.7. The van der Waals surface area contributed by atoms with Crippen molar-refractivity contribution >= 4 is 17.8 Å². The molecule has 6 heteroatoms. The van der Waals surface area contributed by atoms with E-state index < -0.39 is 0 Å². The van der Waals surface area contributed by atoms with Crippen molar-refractivity contribution in [3.8, 4) is 11.5 Å². The second kappa shape index (κ2) is 7.70. The van der Waals surface area contributed by atoms with Crippen molar-refractivity contribution in [2.45, 2.75) is 26.3 Å². The van der Waals surface area contributed by atoms with Gasteiger partial charge in [0.2, 0.25) is 6.79 Å². The number of hydrogen-bond acceptors (Lipinski definition) is 5. The first-order valence-electron chi connectivity index (χ1n) is 8.21. The van der Waals surface area contributed by atoms with Crippen LogP contribution in [0.1, 0.15) is 24.5 Å². The van der Waals surface area contributed by atoms with Gasteiger partial charge in [-0.3, -0.25) is 4.79 Å². The van der Waals surface area contributed by atoms with Crippen LogP contribution in [0.15, 0.2) is 47.6 Å². The SMILES string of the molecule is CC[C@@H](Nc1cccc(C)c1)C(=O)NN=Cc1ccc2c(c1)OCO2. The molecule has 1 amide bonds. The zero-order valence-corrected chi connectivity index (χ0v) is 14.3. The van der Waals surface area contributed by atoms with E-state index in [2.05, 4.69) is 15.8 Å². The molecule has 2 aromatic rings. The molecule has 130 valence electrons. The number of nitrogens with one attached hydrogen (secondary N) is 2. The lowest BCUT2D eigenvalue weighted by Gasteiger charge is -2.16. The van der Waals surface area contributed by atoms with Gasteiger partial charge in [-0.1, -0.05) is 19.1 Å². The quantitative estimate of drug-likeness (QED) is 0.627. The molecule has 1 aliphatic rings. The number of rotatable bonds is 6. The molecule has 0 aromatic heterocycles. The Kier molecular flexibility index (Phi) is 5.18. The molecule has 2 N–H and O–H groups in total. The number of hydrazone groups is 1. The minimum atomic E-state index is -0.351. The fourth-order valence-corrected chi connectivity index (χ4v) is 2.53. The number of carbonyl (C=O) groups excluding carboxylic acids is 1. The molecule has 0 saturated heterocycles. The lowest BCUT2D eigenvalue weighted by Crippen LogP contribution is -2.36. The van der Waals surface area contributed by atoms with Crippen molar-refractivity contribution in [3.05, 3.63) is 53.6 Å². The summed E-state index contributed by atoms with van der Waals surface area (Å²) in [5.74, 6) is 1.22. The topological polar surface area (TPSA) is 72.0 Å². The highest BCUT2D eigenvalue weighted by Crippen LogP contribution is 2.31. The van der Waals surface area contributed by atoms with Crippen LogP contribution in [0, 0.1) is 6.92 Å². The molecule has 0 aliphatic carbocycles. The number of amides is 1. The van der Waals surface area contributed by atoms with Crippen LogP contribution in [-0.4, -0.2) is 25.0 Å². The standard InChI is InChI=1S/C19H21N3O3/c1-3-16(21-15-6-4-5-13(2)9-15)19(23)22-20-11-14-7-8-17-18(10-14)25-12-24-17/h4-11,16,21H,3,12H2,1-2H3,(H,22,23)/t16-/m1/s1. The summed E-state index contributed by atoms with van der Waals surface area (Å²) in [4.78, 5) is 12.3. The molecule has 0 saturated carbocycles. The lowest BCUT2D eigenvalue weighted by molar-refractivity contribution is -0.121. The monoisotopic (exact) mass is 339 g/mol. The van der Waals surface area contributed by atoms with Gasteiger partial charge in [0.25, 0.3) is 5.91 Å². The van der Waals surface area contributed by atoms with Crippen LogP contribution in [0.4, 0.5) is 5.69 Å². The highest BCUT2D eigenvalue weighted by molar-refractivity contribution is 5.87. The molecule has 1 aliphatic heterocycles. The Hall–Kier alpha value is -3.02. The molecule has 2 aromatic carbocycles. The van der Waals surface area contributed by atoms with E-state index in [1.165, 1.54) is 0 Å². The van der Waals surface area contributed by atoms with Crippen molar-refractivity contribution in [1.29, 1.82) is 0 Å². The maximum Gasteiger partial charge on any atom is 0.262 e. The van der Waals surface area contributed by atoms with Gasteiger partial charge in [0.05, 0.1) is 6.21 Å². The minimum absolute atomic E-state index is 0.180. The summed E-state index contributed by atoms with van der Waals surface area (Å²) in [6.45, 7) is 4.20. The third-order valence-corrected chi connectivity index (χ3v) is 3.87. The summed E-state index contributed by atoms with van der Waals surface area (Å²) in [6, 6.07) is 13.1. The third kappa shape index (κ3) is 4.29. The van der Waals surface area contributed by atoms with Gasteiger partial charge in [0.1, 0.15) is 6.04 Å². The largest absolute Gasteiger partial charge is 0.454 e. The minimum Gasteiger partial charge on any atom is -0.454 e. The summed E-state index contributed by atoms with van der Waals surface area (Å²) in [5.41, 5.74) is 5.46. The van der Waals surface area contributed by atoms with Crippen LogP contribution in [-0.2, 0) is 4.79 Å². The van der Waals surface area contributed by atoms with Crippen molar-refractivity contribution in [1.82, 2.24) is 5.43 Å².